The Labute approximate surface area is 186 Å². The van der Waals surface area contributed by atoms with E-state index in [2.05, 4.69) is 81.4 Å². The van der Waals surface area contributed by atoms with Gasteiger partial charge in [0.15, 0.2) is 0 Å². The molecule has 0 N–H and O–H groups in total. The predicted molar refractivity (Wildman–Crippen MR) is 94.9 cm³/mol. The van der Waals surface area contributed by atoms with Crippen molar-refractivity contribution in [2.24, 2.45) is 10.8 Å². The van der Waals surface area contributed by atoms with Gasteiger partial charge in [0, 0.05) is 0 Å². The summed E-state index contributed by atoms with van der Waals surface area (Å²) in [5, 5.41) is 25.2. The molecule has 0 spiro atoms. The average Bonchev–Trinajstić information content (AvgIpc) is 2.69. The van der Waals surface area contributed by atoms with Crippen molar-refractivity contribution >= 4 is 7.32 Å². The number of rotatable bonds is 0. The van der Waals surface area contributed by atoms with E-state index in [-0.39, 0.29) is 50.8 Å². The van der Waals surface area contributed by atoms with Crippen molar-refractivity contribution in [3.05, 3.63) is 45.6 Å². The second kappa shape index (κ2) is 10.5. The third-order valence-electron chi connectivity index (χ3n) is 5.12. The largest absolute Gasteiger partial charge is 3.00 e. The van der Waals surface area contributed by atoms with Gasteiger partial charge in [0.1, 0.15) is 0 Å². The van der Waals surface area contributed by atoms with Crippen LogP contribution in [0.1, 0.15) is 69.2 Å². The SMILES string of the molecule is CC1=[C-]C(C)(C)C(C)=C1C.CC1=[C-]C(C)(C)C(C)=C1C.[Gd+3].[O-]B([O-])[O-]. The molecule has 0 unspecified atom stereocenters. The Morgan fingerprint density at radius 2 is 0.840 bits per heavy atom. The zero-order valence-corrected chi connectivity index (χ0v) is 19.4. The second-order valence-corrected chi connectivity index (χ2v) is 7.54. The Bertz CT molecular complexity index is 541. The zero-order valence-electron chi connectivity index (χ0n) is 17.2. The molecule has 141 valence electrons. The van der Waals surface area contributed by atoms with Crippen molar-refractivity contribution in [3.8, 4) is 0 Å². The Morgan fingerprint density at radius 3 is 0.880 bits per heavy atom. The van der Waals surface area contributed by atoms with Crippen LogP contribution in [0.3, 0.4) is 0 Å². The van der Waals surface area contributed by atoms with E-state index in [1.807, 2.05) is 0 Å². The summed E-state index contributed by atoms with van der Waals surface area (Å²) in [6, 6.07) is 0. The fraction of sp³-hybridized carbons (Fsp3) is 0.600. The van der Waals surface area contributed by atoms with Crippen LogP contribution < -0.4 is 15.1 Å². The van der Waals surface area contributed by atoms with Crippen molar-refractivity contribution in [2.75, 3.05) is 0 Å². The van der Waals surface area contributed by atoms with E-state index in [1.165, 1.54) is 33.4 Å². The molecule has 0 aromatic carbocycles. The molecule has 0 fully saturated rings. The van der Waals surface area contributed by atoms with Gasteiger partial charge >= 0.3 is 39.9 Å². The maximum atomic E-state index is 8.42. The topological polar surface area (TPSA) is 69.2 Å². The molecule has 0 amide bonds. The Hall–Kier alpha value is 0.230. The maximum absolute atomic E-state index is 8.42. The van der Waals surface area contributed by atoms with Crippen molar-refractivity contribution in [2.45, 2.75) is 69.2 Å². The third-order valence-corrected chi connectivity index (χ3v) is 5.12. The monoisotopic (exact) mass is 487 g/mol. The van der Waals surface area contributed by atoms with Gasteiger partial charge in [-0.15, -0.1) is 13.8 Å². The van der Waals surface area contributed by atoms with Crippen LogP contribution in [0.5, 0.6) is 0 Å². The molecule has 0 bridgehead atoms. The van der Waals surface area contributed by atoms with Crippen LogP contribution >= 0.6 is 0 Å². The Morgan fingerprint density at radius 1 is 0.640 bits per heavy atom. The van der Waals surface area contributed by atoms with Gasteiger partial charge in [0.05, 0.1) is 0 Å². The van der Waals surface area contributed by atoms with Gasteiger partial charge in [-0.2, -0.15) is 22.3 Å². The molecule has 2 rings (SSSR count). The van der Waals surface area contributed by atoms with E-state index in [9.17, 15) is 0 Å². The smallest absolute Gasteiger partial charge is 0.907 e. The molecule has 0 saturated heterocycles. The first-order valence-electron chi connectivity index (χ1n) is 8.21. The minimum absolute atomic E-state index is 0. The summed E-state index contributed by atoms with van der Waals surface area (Å²) in [6.07, 6.45) is 6.87. The van der Waals surface area contributed by atoms with Gasteiger partial charge < -0.3 is 15.1 Å². The fourth-order valence-electron chi connectivity index (χ4n) is 2.81. The molecule has 2 aliphatic rings. The number of hydrogen-bond acceptors (Lipinski definition) is 3. The van der Waals surface area contributed by atoms with E-state index in [4.69, 9.17) is 15.1 Å². The molecule has 0 aromatic heterocycles. The summed E-state index contributed by atoms with van der Waals surface area (Å²) in [7, 11) is -2.92. The van der Waals surface area contributed by atoms with E-state index >= 15 is 0 Å². The van der Waals surface area contributed by atoms with Gasteiger partial charge in [-0.1, -0.05) is 66.2 Å². The van der Waals surface area contributed by atoms with Gasteiger partial charge in [-0.05, 0) is 0 Å². The summed E-state index contributed by atoms with van der Waals surface area (Å²) >= 11 is 0. The summed E-state index contributed by atoms with van der Waals surface area (Å²) in [5.74, 6) is 0. The Balaban J connectivity index is 0. The summed E-state index contributed by atoms with van der Waals surface area (Å²) < 4.78 is 0. The van der Waals surface area contributed by atoms with Gasteiger partial charge in [0.25, 0.3) is 0 Å². The van der Waals surface area contributed by atoms with Gasteiger partial charge in [0.2, 0.25) is 0 Å². The third kappa shape index (κ3) is 8.19. The molecule has 3 nitrogen and oxygen atoms in total. The molecule has 2 aliphatic carbocycles. The van der Waals surface area contributed by atoms with E-state index in [1.54, 1.807) is 0 Å². The van der Waals surface area contributed by atoms with Crippen LogP contribution in [-0.2, 0) is 0 Å². The Kier molecular flexibility index (Phi) is 11.6. The number of allylic oxidation sites excluding steroid dienone is 8. The minimum Gasteiger partial charge on any atom is -0.907 e. The first-order valence-corrected chi connectivity index (χ1v) is 8.21. The standard InChI is InChI=1S/2C10H15.BO3.Gd/c2*1-7-6-10(4,5)9(3)8(7)2;2-1(3)4;/h2*1-5H3;;/q2*-1;-3;+3. The van der Waals surface area contributed by atoms with E-state index in [0.29, 0.717) is 0 Å². The van der Waals surface area contributed by atoms with Crippen molar-refractivity contribution in [1.29, 1.82) is 0 Å². The van der Waals surface area contributed by atoms with Crippen molar-refractivity contribution < 1.29 is 55.0 Å². The number of hydrogen-bond donors (Lipinski definition) is 0. The van der Waals surface area contributed by atoms with E-state index < -0.39 is 7.32 Å². The van der Waals surface area contributed by atoms with Crippen LogP contribution in [0.15, 0.2) is 33.4 Å². The van der Waals surface area contributed by atoms with Crippen molar-refractivity contribution in [1.82, 2.24) is 0 Å². The molecule has 0 atom stereocenters. The molecular weight excluding hydrogens is 456 g/mol. The minimum atomic E-state index is -2.92. The normalized spacial score (nSPS) is 19.9. The summed E-state index contributed by atoms with van der Waals surface area (Å²) in [5.41, 5.74) is 8.79. The van der Waals surface area contributed by atoms with E-state index in [0.717, 1.165) is 0 Å². The van der Waals surface area contributed by atoms with Crippen LogP contribution in [0.2, 0.25) is 0 Å². The first kappa shape index (κ1) is 27.4. The van der Waals surface area contributed by atoms with Crippen LogP contribution in [-0.4, -0.2) is 7.32 Å². The quantitative estimate of drug-likeness (QED) is 0.390. The van der Waals surface area contributed by atoms with Gasteiger partial charge in [-0.25, -0.2) is 11.1 Å². The summed E-state index contributed by atoms with van der Waals surface area (Å²) in [4.78, 5) is 0. The molecule has 5 heteroatoms. The molecule has 1 radical (unpaired) electrons. The van der Waals surface area contributed by atoms with Crippen molar-refractivity contribution in [3.63, 3.8) is 0 Å². The van der Waals surface area contributed by atoms with Crippen LogP contribution in [0.25, 0.3) is 0 Å². The zero-order chi connectivity index (χ0) is 19.5. The fourth-order valence-corrected chi connectivity index (χ4v) is 2.81. The first-order chi connectivity index (χ1) is 10.6. The van der Waals surface area contributed by atoms with Crippen LogP contribution in [0.4, 0.5) is 0 Å². The molecule has 0 aromatic rings. The molecule has 0 saturated carbocycles. The average molecular weight is 487 g/mol. The molecule has 25 heavy (non-hydrogen) atoms. The summed E-state index contributed by atoms with van der Waals surface area (Å²) in [6.45, 7) is 21.8. The van der Waals surface area contributed by atoms with Crippen LogP contribution in [0, 0.1) is 62.9 Å². The molecule has 0 heterocycles. The second-order valence-electron chi connectivity index (χ2n) is 7.54. The molecule has 0 aliphatic heterocycles. The maximum Gasteiger partial charge on any atom is 3.00 e. The van der Waals surface area contributed by atoms with Gasteiger partial charge in [-0.3, -0.25) is 19.5 Å². The molecular formula is C20H30BGdO3-2. The predicted octanol–water partition coefficient (Wildman–Crippen LogP) is 2.28.